The average Bonchev–Trinajstić information content (AvgIpc) is 2.27. The van der Waals surface area contributed by atoms with Crippen molar-refractivity contribution in [3.05, 3.63) is 28.8 Å². The molecule has 2 rings (SSSR count). The molecule has 0 aliphatic carbocycles. The van der Waals surface area contributed by atoms with E-state index in [0.29, 0.717) is 0 Å². The summed E-state index contributed by atoms with van der Waals surface area (Å²) in [7, 11) is 0. The van der Waals surface area contributed by atoms with Crippen molar-refractivity contribution in [3.8, 4) is 0 Å². The van der Waals surface area contributed by atoms with E-state index in [9.17, 15) is 0 Å². The fourth-order valence-corrected chi connectivity index (χ4v) is 3.63. The van der Waals surface area contributed by atoms with Crippen molar-refractivity contribution in [2.24, 2.45) is 0 Å². The molecule has 0 spiro atoms. The first-order valence-corrected chi connectivity index (χ1v) is 5.75. The first-order valence-electron chi connectivity index (χ1n) is 4.87. The highest BCUT2D eigenvalue weighted by Crippen LogP contribution is 2.46. The molecule has 0 amide bonds. The van der Waals surface area contributed by atoms with Gasteiger partial charge >= 0.3 is 0 Å². The molecule has 0 saturated carbocycles. The molecule has 1 aromatic rings. The van der Waals surface area contributed by atoms with Crippen molar-refractivity contribution in [1.29, 1.82) is 0 Å². The maximum absolute atomic E-state index is 2.34. The van der Waals surface area contributed by atoms with Crippen LogP contribution in [0.15, 0.2) is 17.0 Å². The molecule has 1 heteroatoms. The van der Waals surface area contributed by atoms with Gasteiger partial charge in [-0.05, 0) is 42.5 Å². The zero-order valence-corrected chi connectivity index (χ0v) is 9.53. The van der Waals surface area contributed by atoms with Gasteiger partial charge in [0.1, 0.15) is 0 Å². The normalized spacial score (nSPS) is 26.2. The van der Waals surface area contributed by atoms with Crippen molar-refractivity contribution in [3.63, 3.8) is 0 Å². The van der Waals surface area contributed by atoms with Crippen LogP contribution in [0.5, 0.6) is 0 Å². The van der Waals surface area contributed by atoms with E-state index in [-0.39, 0.29) is 0 Å². The minimum absolute atomic E-state index is 0.723. The van der Waals surface area contributed by atoms with Gasteiger partial charge in [-0.15, -0.1) is 11.8 Å². The van der Waals surface area contributed by atoms with Gasteiger partial charge in [-0.25, -0.2) is 0 Å². The van der Waals surface area contributed by atoms with E-state index in [1.54, 1.807) is 5.56 Å². The summed E-state index contributed by atoms with van der Waals surface area (Å²) in [6, 6.07) is 4.63. The average molecular weight is 192 g/mol. The van der Waals surface area contributed by atoms with Crippen LogP contribution < -0.4 is 0 Å². The zero-order chi connectivity index (χ0) is 9.59. The van der Waals surface area contributed by atoms with E-state index >= 15 is 0 Å². The monoisotopic (exact) mass is 192 g/mol. The number of benzene rings is 1. The lowest BCUT2D eigenvalue weighted by Gasteiger charge is -2.11. The van der Waals surface area contributed by atoms with Crippen LogP contribution in [0.2, 0.25) is 0 Å². The van der Waals surface area contributed by atoms with Crippen LogP contribution in [-0.4, -0.2) is 5.25 Å². The number of aryl methyl sites for hydroxylation is 2. The number of thioether (sulfide) groups is 1. The number of fused-ring (bicyclic) bond motifs is 1. The van der Waals surface area contributed by atoms with E-state index < -0.39 is 0 Å². The molecule has 1 aliphatic rings. The lowest BCUT2D eigenvalue weighted by Crippen LogP contribution is -2.01. The standard InChI is InChI=1S/C12H16S/c1-7-5-8(2)12-9(3)10(4)13-11(12)6-7/h5-6,9-10H,1-4H3. The highest BCUT2D eigenvalue weighted by atomic mass is 32.2. The van der Waals surface area contributed by atoms with Crippen LogP contribution in [0.25, 0.3) is 0 Å². The summed E-state index contributed by atoms with van der Waals surface area (Å²) in [5.41, 5.74) is 4.45. The first-order chi connectivity index (χ1) is 6.09. The van der Waals surface area contributed by atoms with Crippen LogP contribution in [0, 0.1) is 13.8 Å². The Kier molecular flexibility index (Phi) is 2.15. The molecule has 0 radical (unpaired) electrons. The highest BCUT2D eigenvalue weighted by Gasteiger charge is 2.27. The van der Waals surface area contributed by atoms with Crippen molar-refractivity contribution in [1.82, 2.24) is 0 Å². The first kappa shape index (κ1) is 9.14. The third-order valence-corrected chi connectivity index (χ3v) is 4.34. The molecule has 0 fully saturated rings. The Morgan fingerprint density at radius 2 is 1.85 bits per heavy atom. The Bertz CT molecular complexity index is 341. The van der Waals surface area contributed by atoms with Crippen molar-refractivity contribution in [2.45, 2.75) is 43.8 Å². The molecule has 0 N–H and O–H groups in total. The van der Waals surface area contributed by atoms with E-state index in [0.717, 1.165) is 11.2 Å². The summed E-state index contributed by atoms with van der Waals surface area (Å²) in [5, 5.41) is 0.746. The minimum atomic E-state index is 0.723. The number of rotatable bonds is 0. The maximum atomic E-state index is 2.34. The third kappa shape index (κ3) is 1.39. The quantitative estimate of drug-likeness (QED) is 0.600. The van der Waals surface area contributed by atoms with Gasteiger partial charge in [0.2, 0.25) is 0 Å². The Morgan fingerprint density at radius 3 is 2.54 bits per heavy atom. The van der Waals surface area contributed by atoms with Gasteiger partial charge in [-0.3, -0.25) is 0 Å². The molecular weight excluding hydrogens is 176 g/mol. The smallest absolute Gasteiger partial charge is 0.0133 e. The van der Waals surface area contributed by atoms with E-state index in [1.165, 1.54) is 16.0 Å². The predicted octanol–water partition coefficient (Wildman–Crippen LogP) is 3.90. The van der Waals surface area contributed by atoms with Crippen molar-refractivity contribution < 1.29 is 0 Å². The second-order valence-corrected chi connectivity index (χ2v) is 5.52. The third-order valence-electron chi connectivity index (χ3n) is 2.97. The largest absolute Gasteiger partial charge is 0.122 e. The highest BCUT2D eigenvalue weighted by molar-refractivity contribution is 8.00. The molecule has 13 heavy (non-hydrogen) atoms. The fraction of sp³-hybridized carbons (Fsp3) is 0.500. The molecule has 1 aliphatic heterocycles. The summed E-state index contributed by atoms with van der Waals surface area (Å²) in [6.07, 6.45) is 0. The van der Waals surface area contributed by atoms with Crippen molar-refractivity contribution >= 4 is 11.8 Å². The van der Waals surface area contributed by atoms with Crippen LogP contribution in [0.4, 0.5) is 0 Å². The van der Waals surface area contributed by atoms with E-state index in [2.05, 4.69) is 39.8 Å². The molecule has 70 valence electrons. The second-order valence-electron chi connectivity index (χ2n) is 4.11. The summed E-state index contributed by atoms with van der Waals surface area (Å²) < 4.78 is 0. The van der Waals surface area contributed by atoms with Gasteiger partial charge in [0.05, 0.1) is 0 Å². The Morgan fingerprint density at radius 1 is 1.15 bits per heavy atom. The van der Waals surface area contributed by atoms with Crippen LogP contribution in [-0.2, 0) is 0 Å². The summed E-state index contributed by atoms with van der Waals surface area (Å²) in [4.78, 5) is 1.51. The van der Waals surface area contributed by atoms with Gasteiger partial charge in [0.25, 0.3) is 0 Å². The Labute approximate surface area is 84.7 Å². The van der Waals surface area contributed by atoms with E-state index in [4.69, 9.17) is 0 Å². The molecule has 1 heterocycles. The molecule has 0 bridgehead atoms. The van der Waals surface area contributed by atoms with Crippen molar-refractivity contribution in [2.75, 3.05) is 0 Å². The molecule has 1 aromatic carbocycles. The fourth-order valence-electron chi connectivity index (χ4n) is 2.16. The van der Waals surface area contributed by atoms with Crippen LogP contribution in [0.1, 0.15) is 36.5 Å². The Balaban J connectivity index is 2.57. The lowest BCUT2D eigenvalue weighted by molar-refractivity contribution is 0.755. The molecular formula is C12H16S. The van der Waals surface area contributed by atoms with Gasteiger partial charge in [0, 0.05) is 10.1 Å². The zero-order valence-electron chi connectivity index (χ0n) is 8.72. The summed E-state index contributed by atoms with van der Waals surface area (Å²) in [6.45, 7) is 9.08. The lowest BCUT2D eigenvalue weighted by atomic mass is 9.93. The van der Waals surface area contributed by atoms with Gasteiger partial charge in [0.15, 0.2) is 0 Å². The topological polar surface area (TPSA) is 0 Å². The molecule has 0 saturated heterocycles. The van der Waals surface area contributed by atoms with Gasteiger partial charge in [-0.1, -0.05) is 19.9 Å². The summed E-state index contributed by atoms with van der Waals surface area (Å²) >= 11 is 2.03. The number of hydrogen-bond acceptors (Lipinski definition) is 1. The predicted molar refractivity (Wildman–Crippen MR) is 59.7 cm³/mol. The molecule has 2 unspecified atom stereocenters. The van der Waals surface area contributed by atoms with Gasteiger partial charge < -0.3 is 0 Å². The minimum Gasteiger partial charge on any atom is -0.122 e. The SMILES string of the molecule is Cc1cc(C)c2c(c1)SC(C)C2C. The molecule has 0 nitrogen and oxygen atoms in total. The maximum Gasteiger partial charge on any atom is 0.0133 e. The second kappa shape index (κ2) is 3.06. The van der Waals surface area contributed by atoms with Crippen LogP contribution >= 0.6 is 11.8 Å². The Hall–Kier alpha value is -0.430. The summed E-state index contributed by atoms with van der Waals surface area (Å²) in [5.74, 6) is 0.723. The van der Waals surface area contributed by atoms with Gasteiger partial charge in [-0.2, -0.15) is 0 Å². The van der Waals surface area contributed by atoms with E-state index in [1.807, 2.05) is 11.8 Å². The van der Waals surface area contributed by atoms with Crippen LogP contribution in [0.3, 0.4) is 0 Å². The molecule has 2 atom stereocenters. The number of hydrogen-bond donors (Lipinski definition) is 0. The molecule has 0 aromatic heterocycles.